The van der Waals surface area contributed by atoms with E-state index in [9.17, 15) is 14.3 Å². The Bertz CT molecular complexity index is 695. The first-order valence-corrected chi connectivity index (χ1v) is 6.32. The van der Waals surface area contributed by atoms with Gasteiger partial charge < -0.3 is 10.4 Å². The number of aliphatic hydroxyl groups is 1. The molecule has 0 saturated carbocycles. The van der Waals surface area contributed by atoms with Crippen LogP contribution in [0.15, 0.2) is 48.5 Å². The number of halogens is 1. The summed E-state index contributed by atoms with van der Waals surface area (Å²) in [5.74, 6) is -0.879. The number of aliphatic hydroxyl groups excluding tert-OH is 1. The van der Waals surface area contributed by atoms with Crippen molar-refractivity contribution >= 4 is 11.6 Å². The third-order valence-electron chi connectivity index (χ3n) is 2.89. The number of nitriles is 1. The number of hydrogen-bond acceptors (Lipinski definition) is 3. The topological polar surface area (TPSA) is 73.1 Å². The highest BCUT2D eigenvalue weighted by atomic mass is 19.1. The number of benzene rings is 2. The van der Waals surface area contributed by atoms with Gasteiger partial charge in [-0.1, -0.05) is 18.2 Å². The molecule has 1 atom stereocenters. The Balaban J connectivity index is 2.00. The van der Waals surface area contributed by atoms with Crippen LogP contribution in [-0.2, 0) is 4.79 Å². The van der Waals surface area contributed by atoms with E-state index in [-0.39, 0.29) is 6.42 Å². The molecule has 0 saturated heterocycles. The summed E-state index contributed by atoms with van der Waals surface area (Å²) in [6.07, 6.45) is -1.28. The highest BCUT2D eigenvalue weighted by molar-refractivity contribution is 5.91. The molecule has 1 amide bonds. The summed E-state index contributed by atoms with van der Waals surface area (Å²) < 4.78 is 13.1. The number of carbonyl (C=O) groups is 1. The molecule has 2 rings (SSSR count). The van der Waals surface area contributed by atoms with Gasteiger partial charge in [-0.3, -0.25) is 4.79 Å². The van der Waals surface area contributed by atoms with E-state index in [1.54, 1.807) is 24.3 Å². The Hall–Kier alpha value is -2.71. The fourth-order valence-corrected chi connectivity index (χ4v) is 1.89. The first kappa shape index (κ1) is 14.7. The maximum Gasteiger partial charge on any atom is 0.227 e. The third-order valence-corrected chi connectivity index (χ3v) is 2.89. The van der Waals surface area contributed by atoms with Crippen LogP contribution in [-0.4, -0.2) is 11.0 Å². The van der Waals surface area contributed by atoms with E-state index in [0.717, 1.165) is 0 Å². The summed E-state index contributed by atoms with van der Waals surface area (Å²) in [6, 6.07) is 13.9. The van der Waals surface area contributed by atoms with Gasteiger partial charge in [-0.2, -0.15) is 5.26 Å². The zero-order chi connectivity index (χ0) is 15.2. The van der Waals surface area contributed by atoms with Crippen molar-refractivity contribution in [1.82, 2.24) is 0 Å². The van der Waals surface area contributed by atoms with Gasteiger partial charge in [0.2, 0.25) is 5.91 Å². The molecule has 106 valence electrons. The van der Waals surface area contributed by atoms with Crippen molar-refractivity contribution in [2.24, 2.45) is 0 Å². The van der Waals surface area contributed by atoms with Crippen molar-refractivity contribution < 1.29 is 14.3 Å². The lowest BCUT2D eigenvalue weighted by molar-refractivity contribution is -0.118. The minimum Gasteiger partial charge on any atom is -0.388 e. The first-order valence-electron chi connectivity index (χ1n) is 6.32. The average molecular weight is 284 g/mol. The first-order chi connectivity index (χ1) is 10.1. The molecule has 2 aromatic rings. The molecular formula is C16H13FN2O2. The van der Waals surface area contributed by atoms with Crippen LogP contribution in [0, 0.1) is 17.1 Å². The van der Waals surface area contributed by atoms with Gasteiger partial charge in [0.1, 0.15) is 5.82 Å². The minimum absolute atomic E-state index is 0.194. The Morgan fingerprint density at radius 3 is 2.76 bits per heavy atom. The zero-order valence-corrected chi connectivity index (χ0v) is 11.1. The van der Waals surface area contributed by atoms with Crippen LogP contribution < -0.4 is 5.32 Å². The molecule has 0 aliphatic rings. The summed E-state index contributed by atoms with van der Waals surface area (Å²) in [6.45, 7) is 0. The molecule has 0 radical (unpaired) electrons. The molecule has 1 unspecified atom stereocenters. The molecule has 0 aliphatic heterocycles. The molecule has 0 heterocycles. The lowest BCUT2D eigenvalue weighted by atomic mass is 10.1. The van der Waals surface area contributed by atoms with Gasteiger partial charge >= 0.3 is 0 Å². The van der Waals surface area contributed by atoms with Crippen LogP contribution in [0.5, 0.6) is 0 Å². The molecule has 4 nitrogen and oxygen atoms in total. The number of nitrogens with zero attached hydrogens (tertiary/aromatic N) is 1. The number of amides is 1. The second-order valence-corrected chi connectivity index (χ2v) is 4.52. The van der Waals surface area contributed by atoms with Gasteiger partial charge in [-0.05, 0) is 35.9 Å². The smallest absolute Gasteiger partial charge is 0.227 e. The monoisotopic (exact) mass is 284 g/mol. The van der Waals surface area contributed by atoms with Crippen molar-refractivity contribution in [2.45, 2.75) is 12.5 Å². The van der Waals surface area contributed by atoms with E-state index >= 15 is 0 Å². The highest BCUT2D eigenvalue weighted by Gasteiger charge is 2.13. The average Bonchev–Trinajstić information content (AvgIpc) is 2.47. The molecule has 0 aromatic heterocycles. The van der Waals surface area contributed by atoms with Gasteiger partial charge in [0.25, 0.3) is 0 Å². The molecule has 2 aromatic carbocycles. The Kier molecular flexibility index (Phi) is 4.64. The van der Waals surface area contributed by atoms with Crippen molar-refractivity contribution in [1.29, 1.82) is 5.26 Å². The number of anilines is 1. The minimum atomic E-state index is -1.08. The van der Waals surface area contributed by atoms with E-state index in [1.165, 1.54) is 24.3 Å². The SMILES string of the molecule is N#Cc1cccc(NC(=O)CC(O)c2cccc(F)c2)c1. The van der Waals surface area contributed by atoms with Gasteiger partial charge in [0.05, 0.1) is 24.2 Å². The largest absolute Gasteiger partial charge is 0.388 e. The molecule has 0 aliphatic carbocycles. The number of carbonyl (C=O) groups excluding carboxylic acids is 1. The normalized spacial score (nSPS) is 11.5. The van der Waals surface area contributed by atoms with Crippen molar-refractivity contribution in [3.05, 3.63) is 65.5 Å². The quantitative estimate of drug-likeness (QED) is 0.906. The molecule has 0 fully saturated rings. The van der Waals surface area contributed by atoms with Crippen molar-refractivity contribution in [3.8, 4) is 6.07 Å². The van der Waals surface area contributed by atoms with Gasteiger partial charge in [0, 0.05) is 5.69 Å². The van der Waals surface area contributed by atoms with Gasteiger partial charge in [-0.25, -0.2) is 4.39 Å². The molecule has 21 heavy (non-hydrogen) atoms. The van der Waals surface area contributed by atoms with Gasteiger partial charge in [-0.15, -0.1) is 0 Å². The summed E-state index contributed by atoms with van der Waals surface area (Å²) in [5, 5.41) is 21.3. The fourth-order valence-electron chi connectivity index (χ4n) is 1.89. The number of rotatable bonds is 4. The second-order valence-electron chi connectivity index (χ2n) is 4.52. The predicted molar refractivity (Wildman–Crippen MR) is 75.8 cm³/mol. The van der Waals surface area contributed by atoms with E-state index in [0.29, 0.717) is 16.8 Å². The number of nitrogens with one attached hydrogen (secondary N) is 1. The maximum absolute atomic E-state index is 13.1. The zero-order valence-electron chi connectivity index (χ0n) is 11.1. The lowest BCUT2D eigenvalue weighted by Gasteiger charge is -2.11. The number of hydrogen-bond donors (Lipinski definition) is 2. The molecule has 5 heteroatoms. The van der Waals surface area contributed by atoms with E-state index in [2.05, 4.69) is 5.32 Å². The van der Waals surface area contributed by atoms with Crippen molar-refractivity contribution in [3.63, 3.8) is 0 Å². The summed E-state index contributed by atoms with van der Waals surface area (Å²) in [7, 11) is 0. The summed E-state index contributed by atoms with van der Waals surface area (Å²) >= 11 is 0. The molecular weight excluding hydrogens is 271 g/mol. The lowest BCUT2D eigenvalue weighted by Crippen LogP contribution is -2.15. The van der Waals surface area contributed by atoms with Crippen LogP contribution in [0.3, 0.4) is 0 Å². The van der Waals surface area contributed by atoms with Crippen LogP contribution in [0.2, 0.25) is 0 Å². The summed E-state index contributed by atoms with van der Waals surface area (Å²) in [5.41, 5.74) is 1.25. The molecule has 2 N–H and O–H groups in total. The Morgan fingerprint density at radius 2 is 2.05 bits per heavy atom. The molecule has 0 spiro atoms. The van der Waals surface area contributed by atoms with E-state index < -0.39 is 17.8 Å². The third kappa shape index (κ3) is 4.13. The van der Waals surface area contributed by atoms with Crippen LogP contribution in [0.1, 0.15) is 23.7 Å². The van der Waals surface area contributed by atoms with E-state index in [1.807, 2.05) is 6.07 Å². The van der Waals surface area contributed by atoms with Crippen LogP contribution in [0.4, 0.5) is 10.1 Å². The fraction of sp³-hybridized carbons (Fsp3) is 0.125. The Labute approximate surface area is 121 Å². The Morgan fingerprint density at radius 1 is 1.29 bits per heavy atom. The van der Waals surface area contributed by atoms with Crippen LogP contribution >= 0.6 is 0 Å². The summed E-state index contributed by atoms with van der Waals surface area (Å²) in [4.78, 5) is 11.8. The predicted octanol–water partition coefficient (Wildman–Crippen LogP) is 2.76. The highest BCUT2D eigenvalue weighted by Crippen LogP contribution is 2.18. The standard InChI is InChI=1S/C16H13FN2O2/c17-13-5-2-4-12(8-13)15(20)9-16(21)19-14-6-1-3-11(7-14)10-18/h1-8,15,20H,9H2,(H,19,21). The molecule has 0 bridgehead atoms. The van der Waals surface area contributed by atoms with Gasteiger partial charge in [0.15, 0.2) is 0 Å². The maximum atomic E-state index is 13.1. The van der Waals surface area contributed by atoms with Crippen LogP contribution in [0.25, 0.3) is 0 Å². The second kappa shape index (κ2) is 6.64. The van der Waals surface area contributed by atoms with E-state index in [4.69, 9.17) is 5.26 Å². The van der Waals surface area contributed by atoms with Crippen molar-refractivity contribution in [2.75, 3.05) is 5.32 Å².